The van der Waals surface area contributed by atoms with Crippen molar-refractivity contribution in [2.45, 2.75) is 19.1 Å². The highest BCUT2D eigenvalue weighted by Gasteiger charge is 2.27. The van der Waals surface area contributed by atoms with E-state index in [9.17, 15) is 13.6 Å². The molecule has 0 bridgehead atoms. The number of rotatable bonds is 5. The van der Waals surface area contributed by atoms with Crippen LogP contribution in [0.25, 0.3) is 0 Å². The Bertz CT molecular complexity index is 712. The summed E-state index contributed by atoms with van der Waals surface area (Å²) < 4.78 is 29.1. The molecule has 1 unspecified atom stereocenters. The van der Waals surface area contributed by atoms with Gasteiger partial charge in [0.15, 0.2) is 0 Å². The van der Waals surface area contributed by atoms with E-state index in [2.05, 4.69) is 15.0 Å². The first-order valence-corrected chi connectivity index (χ1v) is 8.07. The Morgan fingerprint density at radius 3 is 3.00 bits per heavy atom. The predicted molar refractivity (Wildman–Crippen MR) is 88.3 cm³/mol. The Hall–Kier alpha value is -2.54. The third kappa shape index (κ3) is 4.51. The van der Waals surface area contributed by atoms with Crippen molar-refractivity contribution in [1.29, 1.82) is 0 Å². The maximum atomic E-state index is 12.8. The molecular formula is C18H19F2N3O2. The van der Waals surface area contributed by atoms with E-state index in [0.29, 0.717) is 18.7 Å². The van der Waals surface area contributed by atoms with E-state index in [4.69, 9.17) is 0 Å². The van der Waals surface area contributed by atoms with E-state index >= 15 is 0 Å². The molecule has 1 aliphatic heterocycles. The van der Waals surface area contributed by atoms with Gasteiger partial charge in [-0.25, -0.2) is 0 Å². The number of nitrogens with one attached hydrogen (secondary N) is 1. The Balaban J connectivity index is 1.73. The zero-order chi connectivity index (χ0) is 17.6. The van der Waals surface area contributed by atoms with Gasteiger partial charge in [0.05, 0.1) is 12.5 Å². The van der Waals surface area contributed by atoms with Crippen LogP contribution < -0.4 is 10.1 Å². The minimum Gasteiger partial charge on any atom is -0.435 e. The topological polar surface area (TPSA) is 54.5 Å². The van der Waals surface area contributed by atoms with Crippen LogP contribution in [0.15, 0.2) is 48.8 Å². The van der Waals surface area contributed by atoms with Crippen LogP contribution in [0.2, 0.25) is 0 Å². The molecule has 1 aromatic heterocycles. The summed E-state index contributed by atoms with van der Waals surface area (Å²) >= 11 is 0. The normalized spacial score (nSPS) is 17.6. The summed E-state index contributed by atoms with van der Waals surface area (Å²) in [4.78, 5) is 18.7. The van der Waals surface area contributed by atoms with E-state index in [-0.39, 0.29) is 24.1 Å². The first kappa shape index (κ1) is 17.3. The average Bonchev–Trinajstić information content (AvgIpc) is 2.62. The molecule has 2 aromatic rings. The van der Waals surface area contributed by atoms with Crippen molar-refractivity contribution in [2.24, 2.45) is 0 Å². The van der Waals surface area contributed by atoms with Gasteiger partial charge in [0.2, 0.25) is 5.91 Å². The van der Waals surface area contributed by atoms with E-state index in [1.807, 2.05) is 17.0 Å². The summed E-state index contributed by atoms with van der Waals surface area (Å²) in [6.45, 7) is -0.914. The number of hydrogen-bond donors (Lipinski definition) is 1. The Morgan fingerprint density at radius 1 is 1.36 bits per heavy atom. The number of amides is 1. The van der Waals surface area contributed by atoms with Gasteiger partial charge < -0.3 is 15.0 Å². The maximum Gasteiger partial charge on any atom is 0.387 e. The van der Waals surface area contributed by atoms with Crippen LogP contribution in [0.5, 0.6) is 5.75 Å². The zero-order valence-corrected chi connectivity index (χ0v) is 13.6. The third-order valence-electron chi connectivity index (χ3n) is 4.11. The lowest BCUT2D eigenvalue weighted by atomic mass is 10.0. The molecule has 0 aliphatic carbocycles. The second kappa shape index (κ2) is 8.02. The smallest absolute Gasteiger partial charge is 0.387 e. The molecule has 0 radical (unpaired) electrons. The van der Waals surface area contributed by atoms with Crippen molar-refractivity contribution in [3.63, 3.8) is 0 Å². The molecule has 7 heteroatoms. The summed E-state index contributed by atoms with van der Waals surface area (Å²) in [7, 11) is 0. The third-order valence-corrected chi connectivity index (χ3v) is 4.11. The van der Waals surface area contributed by atoms with Crippen molar-refractivity contribution in [2.75, 3.05) is 19.6 Å². The Kier molecular flexibility index (Phi) is 5.55. The summed E-state index contributed by atoms with van der Waals surface area (Å²) in [5, 5.41) is 3.29. The molecule has 0 saturated carbocycles. The van der Waals surface area contributed by atoms with E-state index in [1.165, 1.54) is 12.1 Å². The summed E-state index contributed by atoms with van der Waals surface area (Å²) in [6.07, 6.45) is 3.59. The average molecular weight is 347 g/mol. The lowest BCUT2D eigenvalue weighted by Crippen LogP contribution is -2.49. The van der Waals surface area contributed by atoms with Crippen molar-refractivity contribution >= 4 is 5.91 Å². The minimum absolute atomic E-state index is 0.0513. The van der Waals surface area contributed by atoms with Gasteiger partial charge in [-0.2, -0.15) is 8.78 Å². The van der Waals surface area contributed by atoms with Gasteiger partial charge in [0.1, 0.15) is 5.75 Å². The molecule has 1 aromatic carbocycles. The second-order valence-corrected chi connectivity index (χ2v) is 5.80. The maximum absolute atomic E-state index is 12.8. The van der Waals surface area contributed by atoms with Gasteiger partial charge >= 0.3 is 6.61 Å². The van der Waals surface area contributed by atoms with Gasteiger partial charge in [-0.15, -0.1) is 0 Å². The number of benzene rings is 1. The highest BCUT2D eigenvalue weighted by Crippen LogP contribution is 2.23. The van der Waals surface area contributed by atoms with Gasteiger partial charge in [-0.1, -0.05) is 18.2 Å². The number of piperazine rings is 1. The van der Waals surface area contributed by atoms with Crippen molar-refractivity contribution in [3.05, 3.63) is 59.9 Å². The van der Waals surface area contributed by atoms with Crippen LogP contribution in [0, 0.1) is 0 Å². The number of aromatic nitrogens is 1. The number of carbonyl (C=O) groups is 1. The molecule has 2 heterocycles. The lowest BCUT2D eigenvalue weighted by Gasteiger charge is -2.36. The van der Waals surface area contributed by atoms with E-state index < -0.39 is 6.61 Å². The fourth-order valence-corrected chi connectivity index (χ4v) is 2.98. The van der Waals surface area contributed by atoms with Crippen molar-refractivity contribution in [3.8, 4) is 5.75 Å². The molecule has 132 valence electrons. The fraction of sp³-hybridized carbons (Fsp3) is 0.333. The minimum atomic E-state index is -2.88. The number of ether oxygens (including phenoxy) is 1. The molecule has 25 heavy (non-hydrogen) atoms. The molecule has 1 fully saturated rings. The van der Waals surface area contributed by atoms with Gasteiger partial charge in [-0.05, 0) is 29.3 Å². The van der Waals surface area contributed by atoms with Crippen molar-refractivity contribution in [1.82, 2.24) is 15.2 Å². The lowest BCUT2D eigenvalue weighted by molar-refractivity contribution is -0.133. The second-order valence-electron chi connectivity index (χ2n) is 5.80. The van der Waals surface area contributed by atoms with Crippen LogP contribution in [0.1, 0.15) is 17.2 Å². The molecule has 1 N–H and O–H groups in total. The monoisotopic (exact) mass is 347 g/mol. The van der Waals surface area contributed by atoms with Crippen LogP contribution in [-0.4, -0.2) is 42.0 Å². The largest absolute Gasteiger partial charge is 0.435 e. The first-order chi connectivity index (χ1) is 12.1. The fourth-order valence-electron chi connectivity index (χ4n) is 2.98. The molecule has 3 rings (SSSR count). The van der Waals surface area contributed by atoms with Gasteiger partial charge in [0, 0.05) is 32.0 Å². The number of pyridine rings is 1. The van der Waals surface area contributed by atoms with Crippen LogP contribution in [-0.2, 0) is 11.2 Å². The highest BCUT2D eigenvalue weighted by molar-refractivity contribution is 5.79. The Labute approximate surface area is 144 Å². The Morgan fingerprint density at radius 2 is 2.24 bits per heavy atom. The molecule has 5 nitrogen and oxygen atoms in total. The number of carbonyl (C=O) groups excluding carboxylic acids is 1. The standard InChI is InChI=1S/C18H19F2N3O2/c19-18(20)25-15-5-1-3-13(9-15)10-17(24)23-8-7-22-12-16(23)14-4-2-6-21-11-14/h1-6,9,11,16,18,22H,7-8,10,12H2. The van der Waals surface area contributed by atoms with Gasteiger partial charge in [0.25, 0.3) is 0 Å². The van der Waals surface area contributed by atoms with Crippen molar-refractivity contribution < 1.29 is 18.3 Å². The van der Waals surface area contributed by atoms with Crippen LogP contribution in [0.3, 0.4) is 0 Å². The summed E-state index contributed by atoms with van der Waals surface area (Å²) in [5.41, 5.74) is 1.62. The zero-order valence-electron chi connectivity index (χ0n) is 13.6. The SMILES string of the molecule is O=C(Cc1cccc(OC(F)F)c1)N1CCNCC1c1cccnc1. The number of nitrogens with zero attached hydrogens (tertiary/aromatic N) is 2. The highest BCUT2D eigenvalue weighted by atomic mass is 19.3. The summed E-state index contributed by atoms with van der Waals surface area (Å²) in [6, 6.07) is 9.97. The predicted octanol–water partition coefficient (Wildman–Crippen LogP) is 2.40. The van der Waals surface area contributed by atoms with Crippen LogP contribution in [0.4, 0.5) is 8.78 Å². The molecule has 1 atom stereocenters. The molecule has 1 saturated heterocycles. The number of hydrogen-bond acceptors (Lipinski definition) is 4. The van der Waals surface area contributed by atoms with E-state index in [0.717, 1.165) is 12.1 Å². The first-order valence-electron chi connectivity index (χ1n) is 8.07. The van der Waals surface area contributed by atoms with Gasteiger partial charge in [-0.3, -0.25) is 9.78 Å². The number of alkyl halides is 2. The number of halogens is 2. The molecule has 0 spiro atoms. The molecule has 1 amide bonds. The quantitative estimate of drug-likeness (QED) is 0.902. The summed E-state index contributed by atoms with van der Waals surface area (Å²) in [5.74, 6) is 0.00831. The molecule has 1 aliphatic rings. The molecular weight excluding hydrogens is 328 g/mol. The van der Waals surface area contributed by atoms with E-state index in [1.54, 1.807) is 24.5 Å². The van der Waals surface area contributed by atoms with Crippen LogP contribution >= 0.6 is 0 Å².